The molecule has 106 valence electrons. The standard InChI is InChI=1S/C14H16N2O4/c1-7(2)13(17)19-11-5-10(16)12(6-9(11)15)20-14(18)8(3)4/h5-6H,1,3,15-16H2,2,4H3. The number of carbonyl (C=O) groups excluding carboxylic acids is 2. The summed E-state index contributed by atoms with van der Waals surface area (Å²) in [5, 5.41) is 0. The van der Waals surface area contributed by atoms with Crippen LogP contribution in [0.5, 0.6) is 11.5 Å². The molecule has 0 saturated heterocycles. The molecule has 1 aromatic carbocycles. The van der Waals surface area contributed by atoms with Gasteiger partial charge in [0.25, 0.3) is 0 Å². The van der Waals surface area contributed by atoms with E-state index in [4.69, 9.17) is 20.9 Å². The van der Waals surface area contributed by atoms with Crippen LogP contribution in [0.15, 0.2) is 36.4 Å². The van der Waals surface area contributed by atoms with Gasteiger partial charge in [-0.2, -0.15) is 0 Å². The van der Waals surface area contributed by atoms with E-state index in [9.17, 15) is 9.59 Å². The molecule has 0 aromatic heterocycles. The molecule has 0 heterocycles. The maximum absolute atomic E-state index is 11.4. The van der Waals surface area contributed by atoms with Crippen molar-refractivity contribution in [1.82, 2.24) is 0 Å². The number of benzene rings is 1. The van der Waals surface area contributed by atoms with Crippen LogP contribution in [-0.2, 0) is 9.59 Å². The van der Waals surface area contributed by atoms with Gasteiger partial charge in [-0.25, -0.2) is 9.59 Å². The number of rotatable bonds is 4. The minimum absolute atomic E-state index is 0.0747. The molecule has 4 N–H and O–H groups in total. The molecular weight excluding hydrogens is 260 g/mol. The van der Waals surface area contributed by atoms with E-state index in [0.29, 0.717) is 0 Å². The van der Waals surface area contributed by atoms with Crippen LogP contribution in [-0.4, -0.2) is 11.9 Å². The third-order valence-corrected chi connectivity index (χ3v) is 2.24. The fourth-order valence-electron chi connectivity index (χ4n) is 1.14. The van der Waals surface area contributed by atoms with Crippen LogP contribution in [0, 0.1) is 0 Å². The van der Waals surface area contributed by atoms with Crippen LogP contribution in [0.3, 0.4) is 0 Å². The van der Waals surface area contributed by atoms with Crippen molar-refractivity contribution in [3.05, 3.63) is 36.4 Å². The third-order valence-electron chi connectivity index (χ3n) is 2.24. The SMILES string of the molecule is C=C(C)C(=O)Oc1cc(N)c(OC(=O)C(=C)C)cc1N. The molecule has 0 fully saturated rings. The van der Waals surface area contributed by atoms with Crippen molar-refractivity contribution in [3.8, 4) is 11.5 Å². The Morgan fingerprint density at radius 3 is 1.45 bits per heavy atom. The largest absolute Gasteiger partial charge is 0.421 e. The molecule has 1 rings (SSSR count). The first-order chi connectivity index (χ1) is 9.22. The Labute approximate surface area is 116 Å². The summed E-state index contributed by atoms with van der Waals surface area (Å²) in [6.07, 6.45) is 0. The fraction of sp³-hybridized carbons (Fsp3) is 0.143. The second-order valence-corrected chi connectivity index (χ2v) is 4.27. The van der Waals surface area contributed by atoms with Crippen LogP contribution in [0.25, 0.3) is 0 Å². The molecule has 0 spiro atoms. The van der Waals surface area contributed by atoms with Crippen molar-refractivity contribution in [2.45, 2.75) is 13.8 Å². The molecule has 0 amide bonds. The minimum atomic E-state index is -0.622. The first-order valence-electron chi connectivity index (χ1n) is 5.66. The summed E-state index contributed by atoms with van der Waals surface area (Å²) in [4.78, 5) is 22.8. The Balaban J connectivity index is 3.03. The number of carbonyl (C=O) groups is 2. The van der Waals surface area contributed by atoms with Gasteiger partial charge in [-0.05, 0) is 13.8 Å². The second kappa shape index (κ2) is 5.92. The summed E-state index contributed by atoms with van der Waals surface area (Å²) < 4.78 is 9.99. The zero-order valence-corrected chi connectivity index (χ0v) is 11.4. The van der Waals surface area contributed by atoms with Gasteiger partial charge in [0, 0.05) is 23.3 Å². The van der Waals surface area contributed by atoms with Crippen LogP contribution in [0.1, 0.15) is 13.8 Å². The molecule has 0 bridgehead atoms. The monoisotopic (exact) mass is 276 g/mol. The van der Waals surface area contributed by atoms with Crippen molar-refractivity contribution < 1.29 is 19.1 Å². The molecule has 20 heavy (non-hydrogen) atoms. The highest BCUT2D eigenvalue weighted by molar-refractivity contribution is 5.91. The van der Waals surface area contributed by atoms with Crippen molar-refractivity contribution in [1.29, 1.82) is 0 Å². The van der Waals surface area contributed by atoms with Gasteiger partial charge in [-0.3, -0.25) is 0 Å². The average molecular weight is 276 g/mol. The van der Waals surface area contributed by atoms with E-state index >= 15 is 0 Å². The summed E-state index contributed by atoms with van der Waals surface area (Å²) in [6.45, 7) is 9.92. The molecule has 6 nitrogen and oxygen atoms in total. The number of nitrogens with two attached hydrogens (primary N) is 2. The molecule has 1 aromatic rings. The normalized spacial score (nSPS) is 9.70. The molecular formula is C14H16N2O4. The number of esters is 2. The number of ether oxygens (including phenoxy) is 2. The van der Waals surface area contributed by atoms with Crippen molar-refractivity contribution >= 4 is 23.3 Å². The Hall–Kier alpha value is -2.76. The van der Waals surface area contributed by atoms with Crippen LogP contribution < -0.4 is 20.9 Å². The highest BCUT2D eigenvalue weighted by Crippen LogP contribution is 2.33. The molecule has 0 aliphatic rings. The summed E-state index contributed by atoms with van der Waals surface area (Å²) in [6, 6.07) is 2.61. The van der Waals surface area contributed by atoms with E-state index in [-0.39, 0.29) is 34.0 Å². The van der Waals surface area contributed by atoms with Crippen LogP contribution in [0.4, 0.5) is 11.4 Å². The molecule has 0 saturated carbocycles. The lowest BCUT2D eigenvalue weighted by molar-refractivity contribution is -0.131. The summed E-state index contributed by atoms with van der Waals surface area (Å²) in [5.41, 5.74) is 12.1. The van der Waals surface area contributed by atoms with Gasteiger partial charge in [-0.1, -0.05) is 13.2 Å². The lowest BCUT2D eigenvalue weighted by atomic mass is 10.2. The zero-order valence-electron chi connectivity index (χ0n) is 11.4. The number of hydrogen-bond acceptors (Lipinski definition) is 6. The lowest BCUT2D eigenvalue weighted by Crippen LogP contribution is -2.12. The van der Waals surface area contributed by atoms with Crippen LogP contribution in [0.2, 0.25) is 0 Å². The highest BCUT2D eigenvalue weighted by atomic mass is 16.5. The molecule has 0 unspecified atom stereocenters. The Morgan fingerprint density at radius 2 is 1.20 bits per heavy atom. The first-order valence-corrected chi connectivity index (χ1v) is 5.66. The van der Waals surface area contributed by atoms with E-state index < -0.39 is 11.9 Å². The van der Waals surface area contributed by atoms with Crippen molar-refractivity contribution in [2.24, 2.45) is 0 Å². The first kappa shape index (κ1) is 15.3. The lowest BCUT2D eigenvalue weighted by Gasteiger charge is -2.12. The smallest absolute Gasteiger partial charge is 0.338 e. The summed E-state index contributed by atoms with van der Waals surface area (Å²) in [5.74, 6) is -1.10. The highest BCUT2D eigenvalue weighted by Gasteiger charge is 2.14. The zero-order chi connectivity index (χ0) is 15.4. The summed E-state index contributed by atoms with van der Waals surface area (Å²) in [7, 11) is 0. The Bertz CT molecular complexity index is 552. The van der Waals surface area contributed by atoms with Crippen molar-refractivity contribution in [2.75, 3.05) is 11.5 Å². The van der Waals surface area contributed by atoms with E-state index in [1.165, 1.54) is 26.0 Å². The third kappa shape index (κ3) is 3.61. The van der Waals surface area contributed by atoms with Crippen LogP contribution >= 0.6 is 0 Å². The fourth-order valence-corrected chi connectivity index (χ4v) is 1.14. The van der Waals surface area contributed by atoms with E-state index in [1.807, 2.05) is 0 Å². The van der Waals surface area contributed by atoms with Gasteiger partial charge in [0.05, 0.1) is 11.4 Å². The van der Waals surface area contributed by atoms with Gasteiger partial charge < -0.3 is 20.9 Å². The quantitative estimate of drug-likeness (QED) is 0.376. The Morgan fingerprint density at radius 1 is 0.900 bits per heavy atom. The van der Waals surface area contributed by atoms with Crippen molar-refractivity contribution in [3.63, 3.8) is 0 Å². The predicted molar refractivity (Wildman–Crippen MR) is 76.2 cm³/mol. The van der Waals surface area contributed by atoms with Gasteiger partial charge in [0.15, 0.2) is 11.5 Å². The molecule has 0 aliphatic heterocycles. The number of hydrogen-bond donors (Lipinski definition) is 2. The minimum Gasteiger partial charge on any atom is -0.421 e. The Kier molecular flexibility index (Phi) is 4.53. The topological polar surface area (TPSA) is 105 Å². The molecule has 0 atom stereocenters. The predicted octanol–water partition coefficient (Wildman–Crippen LogP) is 1.81. The number of nitrogen functional groups attached to an aromatic ring is 2. The number of anilines is 2. The maximum Gasteiger partial charge on any atom is 0.338 e. The average Bonchev–Trinajstić information content (AvgIpc) is 2.34. The second-order valence-electron chi connectivity index (χ2n) is 4.27. The molecule has 0 aliphatic carbocycles. The summed E-state index contributed by atoms with van der Waals surface area (Å²) >= 11 is 0. The van der Waals surface area contributed by atoms with Gasteiger partial charge in [-0.15, -0.1) is 0 Å². The van der Waals surface area contributed by atoms with Gasteiger partial charge >= 0.3 is 11.9 Å². The molecule has 6 heteroatoms. The molecule has 0 radical (unpaired) electrons. The van der Waals surface area contributed by atoms with Gasteiger partial charge in [0.1, 0.15) is 0 Å². The van der Waals surface area contributed by atoms with E-state index in [2.05, 4.69) is 13.2 Å². The maximum atomic E-state index is 11.4. The van der Waals surface area contributed by atoms with E-state index in [1.54, 1.807) is 0 Å². The van der Waals surface area contributed by atoms with Gasteiger partial charge in [0.2, 0.25) is 0 Å². The van der Waals surface area contributed by atoms with E-state index in [0.717, 1.165) is 0 Å².